The van der Waals surface area contributed by atoms with Gasteiger partial charge in [0.25, 0.3) is 5.91 Å². The second-order valence-corrected chi connectivity index (χ2v) is 6.13. The fraction of sp³-hybridized carbons (Fsp3) is 0.273. The molecule has 0 fully saturated rings. The highest BCUT2D eigenvalue weighted by Gasteiger charge is 2.17. The topological polar surface area (TPSA) is 96.7 Å². The predicted molar refractivity (Wildman–Crippen MR) is 107 cm³/mol. The molecule has 2 rings (SSSR count). The average Bonchev–Trinajstić information content (AvgIpc) is 2.73. The van der Waals surface area contributed by atoms with Crippen molar-refractivity contribution >= 4 is 23.3 Å². The van der Waals surface area contributed by atoms with Gasteiger partial charge in [0.15, 0.2) is 12.4 Å². The Bertz CT molecular complexity index is 872. The number of nitrogens with zero attached hydrogens (tertiary/aromatic N) is 2. The highest BCUT2D eigenvalue weighted by atomic mass is 16.5. The maximum atomic E-state index is 12.4. The Labute approximate surface area is 169 Å². The Morgan fingerprint density at radius 1 is 1.03 bits per heavy atom. The van der Waals surface area contributed by atoms with E-state index in [4.69, 9.17) is 14.7 Å². The van der Waals surface area contributed by atoms with Crippen LogP contribution >= 0.6 is 0 Å². The maximum absolute atomic E-state index is 12.4. The molecule has 0 spiro atoms. The molecule has 0 aromatic heterocycles. The highest BCUT2D eigenvalue weighted by Crippen LogP contribution is 2.15. The third kappa shape index (κ3) is 7.11. The lowest BCUT2D eigenvalue weighted by molar-refractivity contribution is -0.148. The number of amides is 1. The number of hydrogen-bond donors (Lipinski definition) is 0. The number of ketones is 1. The van der Waals surface area contributed by atoms with Gasteiger partial charge in [-0.2, -0.15) is 5.26 Å². The summed E-state index contributed by atoms with van der Waals surface area (Å²) in [5, 5.41) is 8.79. The van der Waals surface area contributed by atoms with E-state index in [0.717, 1.165) is 0 Å². The zero-order valence-corrected chi connectivity index (χ0v) is 16.2. The van der Waals surface area contributed by atoms with Gasteiger partial charge in [-0.3, -0.25) is 14.4 Å². The monoisotopic (exact) mass is 394 g/mol. The molecule has 0 N–H and O–H groups in total. The van der Waals surface area contributed by atoms with Crippen molar-refractivity contribution in [3.8, 4) is 11.8 Å². The summed E-state index contributed by atoms with van der Waals surface area (Å²) in [6.07, 6.45) is 0.149. The first-order valence-electron chi connectivity index (χ1n) is 9.13. The van der Waals surface area contributed by atoms with E-state index >= 15 is 0 Å². The molecule has 0 aliphatic rings. The van der Waals surface area contributed by atoms with Gasteiger partial charge in [-0.1, -0.05) is 18.2 Å². The van der Waals surface area contributed by atoms with E-state index in [9.17, 15) is 14.4 Å². The van der Waals surface area contributed by atoms with Gasteiger partial charge >= 0.3 is 5.97 Å². The Balaban J connectivity index is 1.78. The van der Waals surface area contributed by atoms with E-state index in [2.05, 4.69) is 0 Å². The summed E-state index contributed by atoms with van der Waals surface area (Å²) in [4.78, 5) is 37.0. The van der Waals surface area contributed by atoms with Crippen molar-refractivity contribution in [1.29, 1.82) is 5.26 Å². The second-order valence-electron chi connectivity index (χ2n) is 6.13. The smallest absolute Gasteiger partial charge is 0.309 e. The third-order valence-corrected chi connectivity index (χ3v) is 4.01. The standard InChI is InChI=1S/C22H22N2O5/c1-17(25)18-8-10-20(11-9-18)28-15-12-22(27)29-16-21(26)24(14-5-13-23)19-6-3-2-4-7-19/h2-4,6-11H,5,12,14-16H2,1H3. The average molecular weight is 394 g/mol. The molecule has 7 heteroatoms. The molecule has 0 aliphatic heterocycles. The number of anilines is 1. The van der Waals surface area contributed by atoms with Gasteiger partial charge in [0.1, 0.15) is 5.75 Å². The van der Waals surface area contributed by atoms with Crippen molar-refractivity contribution in [3.63, 3.8) is 0 Å². The van der Waals surface area contributed by atoms with Crippen molar-refractivity contribution < 1.29 is 23.9 Å². The molecule has 1 amide bonds. The predicted octanol–water partition coefficient (Wildman–Crippen LogP) is 3.15. The van der Waals surface area contributed by atoms with Gasteiger partial charge in [0.05, 0.1) is 25.5 Å². The molecular formula is C22H22N2O5. The lowest BCUT2D eigenvalue weighted by Crippen LogP contribution is -2.35. The molecule has 0 saturated carbocycles. The summed E-state index contributed by atoms with van der Waals surface area (Å²) in [5.41, 5.74) is 1.22. The molecule has 0 atom stereocenters. The van der Waals surface area contributed by atoms with Crippen LogP contribution in [0.15, 0.2) is 54.6 Å². The van der Waals surface area contributed by atoms with Crippen LogP contribution in [0.3, 0.4) is 0 Å². The number of ether oxygens (including phenoxy) is 2. The van der Waals surface area contributed by atoms with Gasteiger partial charge in [0.2, 0.25) is 0 Å². The maximum Gasteiger partial charge on any atom is 0.309 e. The SMILES string of the molecule is CC(=O)c1ccc(OCCC(=O)OCC(=O)N(CCC#N)c2ccccc2)cc1. The Morgan fingerprint density at radius 3 is 2.34 bits per heavy atom. The quantitative estimate of drug-likeness (QED) is 0.454. The van der Waals surface area contributed by atoms with E-state index in [1.165, 1.54) is 11.8 Å². The zero-order valence-electron chi connectivity index (χ0n) is 16.2. The van der Waals surface area contributed by atoms with Gasteiger partial charge < -0.3 is 14.4 Å². The molecule has 7 nitrogen and oxygen atoms in total. The summed E-state index contributed by atoms with van der Waals surface area (Å²) >= 11 is 0. The molecule has 0 bridgehead atoms. The minimum Gasteiger partial charge on any atom is -0.493 e. The van der Waals surface area contributed by atoms with Crippen LogP contribution in [0.5, 0.6) is 5.75 Å². The first kappa shape index (κ1) is 21.6. The number of para-hydroxylation sites is 1. The van der Waals surface area contributed by atoms with Crippen LogP contribution in [-0.2, 0) is 14.3 Å². The van der Waals surface area contributed by atoms with Crippen molar-refractivity contribution in [2.24, 2.45) is 0 Å². The normalized spacial score (nSPS) is 9.93. The molecule has 2 aromatic carbocycles. The summed E-state index contributed by atoms with van der Waals surface area (Å²) in [7, 11) is 0. The molecule has 150 valence electrons. The number of carbonyl (C=O) groups excluding carboxylic acids is 3. The van der Waals surface area contributed by atoms with Gasteiger partial charge in [-0.05, 0) is 43.3 Å². The fourth-order valence-electron chi connectivity index (χ4n) is 2.50. The van der Waals surface area contributed by atoms with E-state index in [1.807, 2.05) is 12.1 Å². The van der Waals surface area contributed by atoms with Crippen LogP contribution in [0.2, 0.25) is 0 Å². The van der Waals surface area contributed by atoms with Crippen LogP contribution < -0.4 is 9.64 Å². The van der Waals surface area contributed by atoms with Crippen molar-refractivity contribution in [1.82, 2.24) is 0 Å². The van der Waals surface area contributed by atoms with E-state index in [-0.39, 0.29) is 31.8 Å². The molecule has 0 aliphatic carbocycles. The Hall–Kier alpha value is -3.66. The van der Waals surface area contributed by atoms with E-state index in [1.54, 1.807) is 48.5 Å². The highest BCUT2D eigenvalue weighted by molar-refractivity contribution is 5.95. The number of hydrogen-bond acceptors (Lipinski definition) is 6. The number of Topliss-reactive ketones (excluding diaryl/α,β-unsaturated/α-hetero) is 1. The van der Waals surface area contributed by atoms with Crippen molar-refractivity contribution in [2.75, 3.05) is 24.7 Å². The molecular weight excluding hydrogens is 372 g/mol. The number of esters is 1. The van der Waals surface area contributed by atoms with Crippen LogP contribution in [0, 0.1) is 11.3 Å². The molecule has 0 saturated heterocycles. The van der Waals surface area contributed by atoms with Crippen LogP contribution in [0.1, 0.15) is 30.1 Å². The minimum atomic E-state index is -0.563. The number of rotatable bonds is 10. The van der Waals surface area contributed by atoms with E-state index in [0.29, 0.717) is 17.0 Å². The van der Waals surface area contributed by atoms with Crippen LogP contribution in [0.4, 0.5) is 5.69 Å². The first-order valence-corrected chi connectivity index (χ1v) is 9.13. The largest absolute Gasteiger partial charge is 0.493 e. The number of carbonyl (C=O) groups is 3. The summed E-state index contributed by atoms with van der Waals surface area (Å²) in [6.45, 7) is 1.37. The number of benzene rings is 2. The van der Waals surface area contributed by atoms with Crippen molar-refractivity contribution in [2.45, 2.75) is 19.8 Å². The van der Waals surface area contributed by atoms with Crippen LogP contribution in [0.25, 0.3) is 0 Å². The first-order chi connectivity index (χ1) is 14.0. The molecule has 0 radical (unpaired) electrons. The lowest BCUT2D eigenvalue weighted by atomic mass is 10.1. The second kappa shape index (κ2) is 11.2. The molecule has 0 unspecified atom stereocenters. The Kier molecular flexibility index (Phi) is 8.39. The summed E-state index contributed by atoms with van der Waals surface area (Å²) in [5.74, 6) is -0.470. The van der Waals surface area contributed by atoms with Crippen molar-refractivity contribution in [3.05, 3.63) is 60.2 Å². The Morgan fingerprint density at radius 2 is 1.72 bits per heavy atom. The molecule has 2 aromatic rings. The van der Waals surface area contributed by atoms with E-state index < -0.39 is 18.5 Å². The summed E-state index contributed by atoms with van der Waals surface area (Å²) < 4.78 is 10.5. The van der Waals surface area contributed by atoms with Crippen LogP contribution in [-0.4, -0.2) is 37.4 Å². The zero-order chi connectivity index (χ0) is 21.1. The fourth-order valence-corrected chi connectivity index (χ4v) is 2.50. The minimum absolute atomic E-state index is 0.0225. The van der Waals surface area contributed by atoms with Gasteiger partial charge in [-0.15, -0.1) is 0 Å². The third-order valence-electron chi connectivity index (χ3n) is 4.01. The molecule has 29 heavy (non-hydrogen) atoms. The number of nitriles is 1. The van der Waals surface area contributed by atoms with Gasteiger partial charge in [-0.25, -0.2) is 0 Å². The molecule has 0 heterocycles. The van der Waals surface area contributed by atoms with Gasteiger partial charge in [0, 0.05) is 17.8 Å². The lowest BCUT2D eigenvalue weighted by Gasteiger charge is -2.21. The summed E-state index contributed by atoms with van der Waals surface area (Å²) in [6, 6.07) is 17.5.